The first kappa shape index (κ1) is 7.29. The molecule has 0 amide bonds. The van der Waals surface area contributed by atoms with Gasteiger partial charge in [-0.3, -0.25) is 0 Å². The van der Waals surface area contributed by atoms with Crippen LogP contribution < -0.4 is 0 Å². The molecule has 0 bridgehead atoms. The van der Waals surface area contributed by atoms with E-state index < -0.39 is 0 Å². The van der Waals surface area contributed by atoms with E-state index in [9.17, 15) is 5.11 Å². The number of rotatable bonds is 0. The van der Waals surface area contributed by atoms with Crippen LogP contribution in [0.1, 0.15) is 20.3 Å². The van der Waals surface area contributed by atoms with Gasteiger partial charge in [-0.15, -0.1) is 0 Å². The Morgan fingerprint density at radius 3 is 2.44 bits per heavy atom. The summed E-state index contributed by atoms with van der Waals surface area (Å²) in [6.45, 7) is 4.07. The van der Waals surface area contributed by atoms with Crippen molar-refractivity contribution < 1.29 is 5.11 Å². The fraction of sp³-hybridized carbons (Fsp3) is 0.714. The molecule has 1 aliphatic rings. The average Bonchev–Trinajstić information content (AvgIpc) is 1.79. The Morgan fingerprint density at radius 1 is 1.78 bits per heavy atom. The van der Waals surface area contributed by atoms with Gasteiger partial charge in [0.05, 0.1) is 6.10 Å². The molecule has 0 spiro atoms. The highest BCUT2D eigenvalue weighted by Gasteiger charge is 2.31. The summed E-state index contributed by atoms with van der Waals surface area (Å²) in [4.78, 5) is 0. The number of hydrogen-bond acceptors (Lipinski definition) is 1. The Hall–Kier alpha value is 0.180. The lowest BCUT2D eigenvalue weighted by atomic mass is 9.91. The van der Waals surface area contributed by atoms with Gasteiger partial charge in [0.2, 0.25) is 0 Å². The molecule has 2 heteroatoms. The first-order valence-corrected chi connectivity index (χ1v) is 3.87. The molecule has 1 aliphatic carbocycles. The minimum atomic E-state index is -0.202. The predicted octanol–water partition coefficient (Wildman–Crippen LogP) is 2.06. The largest absolute Gasteiger partial charge is 0.392 e. The van der Waals surface area contributed by atoms with Crippen molar-refractivity contribution in [1.82, 2.24) is 0 Å². The highest BCUT2D eigenvalue weighted by atomic mass is 79.9. The van der Waals surface area contributed by atoms with E-state index in [1.54, 1.807) is 0 Å². The zero-order chi connectivity index (χ0) is 7.07. The molecule has 1 atom stereocenters. The molecular formula is C7H11BrO. The number of aliphatic hydroxyl groups is 1. The zero-order valence-corrected chi connectivity index (χ0v) is 7.27. The van der Waals surface area contributed by atoms with Crippen LogP contribution >= 0.6 is 15.9 Å². The van der Waals surface area contributed by atoms with E-state index in [1.165, 1.54) is 0 Å². The zero-order valence-electron chi connectivity index (χ0n) is 5.69. The maximum atomic E-state index is 9.35. The second-order valence-electron chi connectivity index (χ2n) is 3.13. The topological polar surface area (TPSA) is 20.2 Å². The van der Waals surface area contributed by atoms with Crippen molar-refractivity contribution in [3.63, 3.8) is 0 Å². The Bertz CT molecular complexity index is 149. The number of halogens is 1. The van der Waals surface area contributed by atoms with Crippen molar-refractivity contribution in [2.45, 2.75) is 26.4 Å². The summed E-state index contributed by atoms with van der Waals surface area (Å²) in [7, 11) is 0. The standard InChI is InChI=1S/C7H11BrO/c1-7(2)4-5(8)3-6(7)9/h4,6,9H,3H2,1-2H3. The summed E-state index contributed by atoms with van der Waals surface area (Å²) >= 11 is 3.36. The Kier molecular flexibility index (Phi) is 1.70. The number of hydrogen-bond donors (Lipinski definition) is 1. The predicted molar refractivity (Wildman–Crippen MR) is 41.4 cm³/mol. The van der Waals surface area contributed by atoms with Gasteiger partial charge >= 0.3 is 0 Å². The molecule has 0 radical (unpaired) electrons. The molecule has 0 fully saturated rings. The molecule has 52 valence electrons. The summed E-state index contributed by atoms with van der Waals surface area (Å²) < 4.78 is 1.13. The second kappa shape index (κ2) is 2.10. The van der Waals surface area contributed by atoms with E-state index >= 15 is 0 Å². The molecule has 0 heterocycles. The molecule has 0 aromatic carbocycles. The van der Waals surface area contributed by atoms with Crippen LogP contribution in [-0.2, 0) is 0 Å². The van der Waals surface area contributed by atoms with Gasteiger partial charge < -0.3 is 5.11 Å². The quantitative estimate of drug-likeness (QED) is 0.621. The normalized spacial score (nSPS) is 32.4. The number of aliphatic hydroxyl groups excluding tert-OH is 1. The van der Waals surface area contributed by atoms with Crippen LogP contribution in [0.25, 0.3) is 0 Å². The van der Waals surface area contributed by atoms with Gasteiger partial charge in [0.1, 0.15) is 0 Å². The maximum absolute atomic E-state index is 9.35. The van der Waals surface area contributed by atoms with Crippen LogP contribution in [-0.4, -0.2) is 11.2 Å². The molecule has 0 aromatic heterocycles. The maximum Gasteiger partial charge on any atom is 0.0671 e. The summed E-state index contributed by atoms with van der Waals surface area (Å²) in [5.41, 5.74) is -0.0289. The van der Waals surface area contributed by atoms with Crippen LogP contribution in [0.3, 0.4) is 0 Å². The van der Waals surface area contributed by atoms with Crippen molar-refractivity contribution in [3.8, 4) is 0 Å². The smallest absolute Gasteiger partial charge is 0.0671 e. The molecule has 1 unspecified atom stereocenters. The van der Waals surface area contributed by atoms with Crippen LogP contribution in [0.2, 0.25) is 0 Å². The average molecular weight is 191 g/mol. The van der Waals surface area contributed by atoms with E-state index in [4.69, 9.17) is 0 Å². The monoisotopic (exact) mass is 190 g/mol. The first-order chi connectivity index (χ1) is 4.02. The van der Waals surface area contributed by atoms with Crippen LogP contribution in [0.5, 0.6) is 0 Å². The van der Waals surface area contributed by atoms with Crippen molar-refractivity contribution in [3.05, 3.63) is 10.6 Å². The summed E-state index contributed by atoms with van der Waals surface area (Å²) in [5.74, 6) is 0. The Labute approximate surface area is 63.9 Å². The van der Waals surface area contributed by atoms with Crippen LogP contribution in [0.4, 0.5) is 0 Å². The Morgan fingerprint density at radius 2 is 2.33 bits per heavy atom. The van der Waals surface area contributed by atoms with Crippen molar-refractivity contribution in [1.29, 1.82) is 0 Å². The third-order valence-electron chi connectivity index (χ3n) is 1.78. The van der Waals surface area contributed by atoms with Gasteiger partial charge in [-0.25, -0.2) is 0 Å². The second-order valence-corrected chi connectivity index (χ2v) is 4.15. The Balaban J connectivity index is 2.76. The van der Waals surface area contributed by atoms with E-state index in [0.29, 0.717) is 0 Å². The lowest BCUT2D eigenvalue weighted by molar-refractivity contribution is 0.0966. The molecule has 1 N–H and O–H groups in total. The molecule has 1 rings (SSSR count). The van der Waals surface area contributed by atoms with Crippen molar-refractivity contribution >= 4 is 15.9 Å². The van der Waals surface area contributed by atoms with Gasteiger partial charge in [-0.1, -0.05) is 35.9 Å². The molecule has 0 aromatic rings. The first-order valence-electron chi connectivity index (χ1n) is 3.08. The SMILES string of the molecule is CC1(C)C=C(Br)CC1O. The van der Waals surface area contributed by atoms with E-state index in [1.807, 2.05) is 13.8 Å². The minimum Gasteiger partial charge on any atom is -0.392 e. The molecular weight excluding hydrogens is 180 g/mol. The highest BCUT2D eigenvalue weighted by Crippen LogP contribution is 2.37. The molecule has 0 aliphatic heterocycles. The van der Waals surface area contributed by atoms with Crippen LogP contribution in [0, 0.1) is 5.41 Å². The fourth-order valence-corrected chi connectivity index (χ4v) is 1.90. The summed E-state index contributed by atoms with van der Waals surface area (Å²) in [6, 6.07) is 0. The highest BCUT2D eigenvalue weighted by molar-refractivity contribution is 9.11. The van der Waals surface area contributed by atoms with Gasteiger partial charge in [-0.05, 0) is 4.48 Å². The van der Waals surface area contributed by atoms with Gasteiger partial charge in [0.25, 0.3) is 0 Å². The molecule has 9 heavy (non-hydrogen) atoms. The van der Waals surface area contributed by atoms with Gasteiger partial charge in [0, 0.05) is 11.8 Å². The summed E-state index contributed by atoms with van der Waals surface area (Å²) in [5, 5.41) is 9.35. The lowest BCUT2D eigenvalue weighted by Crippen LogP contribution is -2.21. The van der Waals surface area contributed by atoms with E-state index in [2.05, 4.69) is 22.0 Å². The third-order valence-corrected chi connectivity index (χ3v) is 2.33. The minimum absolute atomic E-state index is 0.0289. The fourth-order valence-electron chi connectivity index (χ4n) is 1.01. The third kappa shape index (κ3) is 1.36. The van der Waals surface area contributed by atoms with E-state index in [-0.39, 0.29) is 11.5 Å². The van der Waals surface area contributed by atoms with Crippen LogP contribution in [0.15, 0.2) is 10.6 Å². The molecule has 1 nitrogen and oxygen atoms in total. The molecule has 0 saturated heterocycles. The molecule has 0 saturated carbocycles. The summed E-state index contributed by atoms with van der Waals surface area (Å²) in [6.07, 6.45) is 2.64. The van der Waals surface area contributed by atoms with Gasteiger partial charge in [-0.2, -0.15) is 0 Å². The van der Waals surface area contributed by atoms with E-state index in [0.717, 1.165) is 10.9 Å². The van der Waals surface area contributed by atoms with Crippen molar-refractivity contribution in [2.75, 3.05) is 0 Å². The van der Waals surface area contributed by atoms with Gasteiger partial charge in [0.15, 0.2) is 0 Å². The van der Waals surface area contributed by atoms with Crippen molar-refractivity contribution in [2.24, 2.45) is 5.41 Å². The lowest BCUT2D eigenvalue weighted by Gasteiger charge is -2.19.